The first-order valence-corrected chi connectivity index (χ1v) is 10.4. The molecule has 6 nitrogen and oxygen atoms in total. The van der Waals surface area contributed by atoms with Gasteiger partial charge in [0, 0.05) is 24.7 Å². The minimum Gasteiger partial charge on any atom is -0.494 e. The molecule has 0 saturated carbocycles. The van der Waals surface area contributed by atoms with Crippen molar-refractivity contribution in [3.63, 3.8) is 0 Å². The predicted octanol–water partition coefficient (Wildman–Crippen LogP) is 3.66. The summed E-state index contributed by atoms with van der Waals surface area (Å²) in [4.78, 5) is 25.1. The molecule has 0 amide bonds. The summed E-state index contributed by atoms with van der Waals surface area (Å²) in [6.07, 6.45) is 9.00. The minimum atomic E-state index is -1.05. The van der Waals surface area contributed by atoms with Crippen molar-refractivity contribution < 1.29 is 29.3 Å². The molecular formula is C26H26O6. The zero-order chi connectivity index (χ0) is 22.8. The van der Waals surface area contributed by atoms with Gasteiger partial charge in [0.15, 0.2) is 5.78 Å². The highest BCUT2D eigenvalue weighted by atomic mass is 16.5. The van der Waals surface area contributed by atoms with E-state index in [4.69, 9.17) is 14.6 Å². The molecule has 32 heavy (non-hydrogen) atoms. The fourth-order valence-corrected chi connectivity index (χ4v) is 3.22. The number of carbonyl (C=O) groups is 2. The highest BCUT2D eigenvalue weighted by molar-refractivity contribution is 6.02. The number of ether oxygens (including phenoxy) is 2. The first kappa shape index (κ1) is 23.2. The number of benzene rings is 2. The van der Waals surface area contributed by atoms with Gasteiger partial charge in [-0.25, -0.2) is 4.79 Å². The molecular weight excluding hydrogens is 408 g/mol. The molecule has 0 heterocycles. The molecule has 0 aliphatic heterocycles. The molecule has 0 bridgehead atoms. The second-order valence-electron chi connectivity index (χ2n) is 7.40. The lowest BCUT2D eigenvalue weighted by Gasteiger charge is -2.28. The third kappa shape index (κ3) is 6.03. The number of rotatable bonds is 10. The van der Waals surface area contributed by atoms with E-state index in [1.54, 1.807) is 66.8 Å². The fourth-order valence-electron chi connectivity index (χ4n) is 3.22. The highest BCUT2D eigenvalue weighted by Gasteiger charge is 2.36. The molecule has 1 aliphatic rings. The molecule has 1 atom stereocenters. The van der Waals surface area contributed by atoms with E-state index in [2.05, 4.69) is 0 Å². The summed E-state index contributed by atoms with van der Waals surface area (Å²) in [5.41, 5.74) is 0.165. The Hall–Kier alpha value is -3.48. The van der Waals surface area contributed by atoms with Gasteiger partial charge in [0.2, 0.25) is 0 Å². The SMILES string of the molecule is O=C(C=CC1=CCC(CO)(C(=O)c2ccc(OCCCO)cc2)C=C1)Oc1ccccc1. The second-order valence-corrected chi connectivity index (χ2v) is 7.40. The summed E-state index contributed by atoms with van der Waals surface area (Å²) in [7, 11) is 0. The summed E-state index contributed by atoms with van der Waals surface area (Å²) in [6.45, 7) is 0.120. The van der Waals surface area contributed by atoms with Crippen LogP contribution in [0.5, 0.6) is 11.5 Å². The van der Waals surface area contributed by atoms with Crippen LogP contribution in [0.1, 0.15) is 23.2 Å². The van der Waals surface area contributed by atoms with Crippen LogP contribution in [0.15, 0.2) is 90.6 Å². The Morgan fingerprint density at radius 3 is 2.38 bits per heavy atom. The number of para-hydroxylation sites is 1. The smallest absolute Gasteiger partial charge is 0.336 e. The van der Waals surface area contributed by atoms with Crippen molar-refractivity contribution in [3.8, 4) is 11.5 Å². The van der Waals surface area contributed by atoms with Crippen LogP contribution in [-0.4, -0.2) is 41.8 Å². The van der Waals surface area contributed by atoms with Crippen molar-refractivity contribution in [2.45, 2.75) is 12.8 Å². The first-order chi connectivity index (χ1) is 15.6. The Kier molecular flexibility index (Phi) is 8.14. The van der Waals surface area contributed by atoms with E-state index in [0.717, 1.165) is 5.57 Å². The molecule has 0 aromatic heterocycles. The van der Waals surface area contributed by atoms with E-state index in [9.17, 15) is 14.7 Å². The normalized spacial score (nSPS) is 17.8. The van der Waals surface area contributed by atoms with Gasteiger partial charge in [-0.3, -0.25) is 4.79 Å². The van der Waals surface area contributed by atoms with Crippen LogP contribution in [0.25, 0.3) is 0 Å². The van der Waals surface area contributed by atoms with Crippen molar-refractivity contribution >= 4 is 11.8 Å². The van der Waals surface area contributed by atoms with Gasteiger partial charge in [-0.1, -0.05) is 36.4 Å². The zero-order valence-corrected chi connectivity index (χ0v) is 17.6. The van der Waals surface area contributed by atoms with Gasteiger partial charge in [0.1, 0.15) is 11.5 Å². The maximum Gasteiger partial charge on any atom is 0.336 e. The van der Waals surface area contributed by atoms with Crippen molar-refractivity contribution in [3.05, 3.63) is 96.1 Å². The minimum absolute atomic E-state index is 0.0564. The van der Waals surface area contributed by atoms with Crippen molar-refractivity contribution in [2.24, 2.45) is 5.41 Å². The largest absolute Gasteiger partial charge is 0.494 e. The maximum absolute atomic E-state index is 13.1. The number of aliphatic hydroxyl groups excluding tert-OH is 2. The van der Waals surface area contributed by atoms with Crippen LogP contribution in [0, 0.1) is 5.41 Å². The Bertz CT molecular complexity index is 1000. The number of hydrogen-bond acceptors (Lipinski definition) is 6. The number of esters is 1. The topological polar surface area (TPSA) is 93.1 Å². The average molecular weight is 434 g/mol. The molecule has 0 radical (unpaired) electrons. The van der Waals surface area contributed by atoms with Crippen LogP contribution < -0.4 is 9.47 Å². The Morgan fingerprint density at radius 2 is 1.75 bits per heavy atom. The van der Waals surface area contributed by atoms with Gasteiger partial charge in [0.05, 0.1) is 18.6 Å². The maximum atomic E-state index is 13.1. The number of carbonyl (C=O) groups excluding carboxylic acids is 2. The molecule has 0 saturated heterocycles. The summed E-state index contributed by atoms with van der Waals surface area (Å²) >= 11 is 0. The number of Topliss-reactive ketones (excluding diaryl/α,β-unsaturated/α-hetero) is 1. The van der Waals surface area contributed by atoms with Gasteiger partial charge < -0.3 is 19.7 Å². The third-order valence-corrected chi connectivity index (χ3v) is 5.09. The molecule has 2 N–H and O–H groups in total. The lowest BCUT2D eigenvalue weighted by atomic mass is 9.75. The fraction of sp³-hybridized carbons (Fsp3) is 0.231. The van der Waals surface area contributed by atoms with Gasteiger partial charge in [-0.05, 0) is 54.5 Å². The summed E-state index contributed by atoms with van der Waals surface area (Å²) in [5, 5.41) is 18.8. The number of hydrogen-bond donors (Lipinski definition) is 2. The Morgan fingerprint density at radius 1 is 1.00 bits per heavy atom. The van der Waals surface area contributed by atoms with Crippen molar-refractivity contribution in [1.82, 2.24) is 0 Å². The van der Waals surface area contributed by atoms with E-state index in [1.807, 2.05) is 12.1 Å². The zero-order valence-electron chi connectivity index (χ0n) is 17.6. The first-order valence-electron chi connectivity index (χ1n) is 10.4. The van der Waals surface area contributed by atoms with E-state index in [0.29, 0.717) is 36.5 Å². The van der Waals surface area contributed by atoms with Gasteiger partial charge in [-0.2, -0.15) is 0 Å². The average Bonchev–Trinajstić information content (AvgIpc) is 2.84. The van der Waals surface area contributed by atoms with Crippen molar-refractivity contribution in [1.29, 1.82) is 0 Å². The number of aliphatic hydroxyl groups is 2. The number of ketones is 1. The van der Waals surface area contributed by atoms with Crippen LogP contribution >= 0.6 is 0 Å². The van der Waals surface area contributed by atoms with Crippen LogP contribution in [-0.2, 0) is 4.79 Å². The lowest BCUT2D eigenvalue weighted by molar-refractivity contribution is -0.129. The third-order valence-electron chi connectivity index (χ3n) is 5.09. The summed E-state index contributed by atoms with van der Waals surface area (Å²) in [6, 6.07) is 15.5. The quantitative estimate of drug-likeness (QED) is 0.195. The van der Waals surface area contributed by atoms with Crippen LogP contribution in [0.4, 0.5) is 0 Å². The molecule has 1 unspecified atom stereocenters. The molecule has 166 valence electrons. The van der Waals surface area contributed by atoms with E-state index in [-0.39, 0.29) is 19.0 Å². The van der Waals surface area contributed by atoms with Gasteiger partial charge in [0.25, 0.3) is 0 Å². The molecule has 6 heteroatoms. The molecule has 2 aromatic carbocycles. The second kappa shape index (κ2) is 11.2. The number of allylic oxidation sites excluding steroid dienone is 4. The molecule has 0 spiro atoms. The Labute approximate surface area is 187 Å². The van der Waals surface area contributed by atoms with E-state index < -0.39 is 11.4 Å². The molecule has 3 rings (SSSR count). The Balaban J connectivity index is 1.61. The summed E-state index contributed by atoms with van der Waals surface area (Å²) < 4.78 is 10.7. The molecule has 2 aromatic rings. The van der Waals surface area contributed by atoms with Crippen LogP contribution in [0.3, 0.4) is 0 Å². The summed E-state index contributed by atoms with van der Waals surface area (Å²) in [5.74, 6) is 0.384. The lowest BCUT2D eigenvalue weighted by Crippen LogP contribution is -2.34. The standard InChI is InChI=1S/C26H26O6/c27-17-4-18-31-22-10-8-21(9-11-22)25(30)26(19-28)15-13-20(14-16-26)7-12-24(29)32-23-5-2-1-3-6-23/h1-3,5-15,27-28H,4,16-19H2. The van der Waals surface area contributed by atoms with Crippen molar-refractivity contribution in [2.75, 3.05) is 19.8 Å². The van der Waals surface area contributed by atoms with Crippen LogP contribution in [0.2, 0.25) is 0 Å². The predicted molar refractivity (Wildman–Crippen MR) is 121 cm³/mol. The molecule has 0 fully saturated rings. The highest BCUT2D eigenvalue weighted by Crippen LogP contribution is 2.34. The van der Waals surface area contributed by atoms with E-state index >= 15 is 0 Å². The van der Waals surface area contributed by atoms with Gasteiger partial charge in [-0.15, -0.1) is 0 Å². The molecule has 1 aliphatic carbocycles. The van der Waals surface area contributed by atoms with Gasteiger partial charge >= 0.3 is 5.97 Å². The van der Waals surface area contributed by atoms with E-state index in [1.165, 1.54) is 6.08 Å². The monoisotopic (exact) mass is 434 g/mol.